The van der Waals surface area contributed by atoms with Crippen LogP contribution in [-0.2, 0) is 31.4 Å². The van der Waals surface area contributed by atoms with E-state index in [-0.39, 0.29) is 66.4 Å². The number of aromatic hydroxyl groups is 1. The maximum absolute atomic E-state index is 13.6. The van der Waals surface area contributed by atoms with Crippen LogP contribution in [0.1, 0.15) is 75.8 Å². The van der Waals surface area contributed by atoms with Gasteiger partial charge in [0.25, 0.3) is 0 Å². The lowest BCUT2D eigenvalue weighted by Crippen LogP contribution is -2.60. The molecule has 17 heteroatoms. The molecular weight excluding hydrogens is 721 g/mol. The van der Waals surface area contributed by atoms with Crippen LogP contribution in [0.5, 0.6) is 5.75 Å². The second kappa shape index (κ2) is 16.3. The van der Waals surface area contributed by atoms with Gasteiger partial charge in [0.2, 0.25) is 6.29 Å². The van der Waals surface area contributed by atoms with E-state index < -0.39 is 72.1 Å². The number of aliphatic hydroxyl groups is 4. The summed E-state index contributed by atoms with van der Waals surface area (Å²) in [6.07, 6.45) is -10.1. The Hall–Kier alpha value is -2.15. The number of hydrogen-bond donors (Lipinski definition) is 5. The number of nitrogens with zero attached hydrogens (tertiary/aromatic N) is 1. The molecular formula is C35H50F5NO10S. The molecule has 1 heterocycles. The third-order valence-electron chi connectivity index (χ3n) is 11.8. The fourth-order valence-electron chi connectivity index (χ4n) is 9.14. The van der Waals surface area contributed by atoms with E-state index in [9.17, 15) is 56.5 Å². The van der Waals surface area contributed by atoms with Crippen molar-refractivity contribution in [3.8, 4) is 5.75 Å². The Kier molecular flexibility index (Phi) is 12.9. The average molecular weight is 772 g/mol. The molecule has 0 bridgehead atoms. The normalized spacial score (nSPS) is 35.3. The molecule has 1 amide bonds. The van der Waals surface area contributed by atoms with E-state index in [0.717, 1.165) is 30.4 Å². The molecule has 3 fully saturated rings. The van der Waals surface area contributed by atoms with E-state index in [1.165, 1.54) is 4.90 Å². The standard InChI is InChI=1S/C35H50F5NO10S/c1-3-12-41(32(47)51-31-30(46)29(45)28(44)25(16-42)50-31)18-49-26-9-8-24-27-19(5-4-13-52(48)17-34(36,37)35(38,39)40)14-20-15-21(43)6-7-22(20)23(27)10-11-33(24,26)2/h6-7,15,19,23-31,42-46H,3-5,8-14,16-18H2,1-2H3/t19-,23?,24?,25-,26+,27?,28-,29+,30-,31+,33+,52?/m1/s1. The number of benzene rings is 1. The fourth-order valence-corrected chi connectivity index (χ4v) is 10.3. The summed E-state index contributed by atoms with van der Waals surface area (Å²) in [5.41, 5.74) is 1.77. The smallest absolute Gasteiger partial charge is 0.454 e. The molecule has 0 aromatic heterocycles. The summed E-state index contributed by atoms with van der Waals surface area (Å²) in [6.45, 7) is 3.40. The van der Waals surface area contributed by atoms with Gasteiger partial charge in [-0.3, -0.25) is 9.11 Å². The molecule has 2 saturated carbocycles. The van der Waals surface area contributed by atoms with Crippen molar-refractivity contribution >= 4 is 16.9 Å². The van der Waals surface area contributed by atoms with Gasteiger partial charge in [-0.05, 0) is 104 Å². The van der Waals surface area contributed by atoms with Gasteiger partial charge in [-0.15, -0.1) is 0 Å². The van der Waals surface area contributed by atoms with Crippen LogP contribution in [0.4, 0.5) is 26.7 Å². The van der Waals surface area contributed by atoms with E-state index >= 15 is 0 Å². The molecule has 0 spiro atoms. The quantitative estimate of drug-likeness (QED) is 0.145. The zero-order valence-electron chi connectivity index (χ0n) is 29.2. The first kappa shape index (κ1) is 41.0. The third-order valence-corrected chi connectivity index (χ3v) is 13.2. The Balaban J connectivity index is 1.27. The van der Waals surface area contributed by atoms with Gasteiger partial charge in [0.15, 0.2) is 0 Å². The molecule has 1 saturated heterocycles. The Morgan fingerprint density at radius 3 is 2.50 bits per heavy atom. The maximum Gasteiger partial charge on any atom is 0.454 e. The lowest BCUT2D eigenvalue weighted by molar-refractivity contribution is -0.287. The molecule has 1 aromatic rings. The number of rotatable bonds is 13. The van der Waals surface area contributed by atoms with Crippen LogP contribution in [0.25, 0.3) is 0 Å². The largest absolute Gasteiger partial charge is 0.508 e. The highest BCUT2D eigenvalue weighted by Crippen LogP contribution is 2.63. The lowest BCUT2D eigenvalue weighted by Gasteiger charge is -2.53. The Bertz CT molecular complexity index is 1420. The van der Waals surface area contributed by atoms with Crippen molar-refractivity contribution in [3.05, 3.63) is 29.3 Å². The Morgan fingerprint density at radius 2 is 1.83 bits per heavy atom. The highest BCUT2D eigenvalue weighted by Gasteiger charge is 2.59. The predicted molar refractivity (Wildman–Crippen MR) is 177 cm³/mol. The summed E-state index contributed by atoms with van der Waals surface area (Å²) >= 11 is 0. The van der Waals surface area contributed by atoms with Crippen LogP contribution in [0.15, 0.2) is 18.2 Å². The monoisotopic (exact) mass is 771 g/mol. The van der Waals surface area contributed by atoms with Crippen molar-refractivity contribution < 1.29 is 70.7 Å². The highest BCUT2D eigenvalue weighted by atomic mass is 32.2. The van der Waals surface area contributed by atoms with Crippen molar-refractivity contribution in [3.63, 3.8) is 0 Å². The van der Waals surface area contributed by atoms with Crippen LogP contribution in [0.3, 0.4) is 0 Å². The van der Waals surface area contributed by atoms with E-state index in [1.807, 2.05) is 13.0 Å². The van der Waals surface area contributed by atoms with E-state index in [0.29, 0.717) is 25.7 Å². The summed E-state index contributed by atoms with van der Waals surface area (Å²) < 4.78 is 94.8. The number of fused-ring (bicyclic) bond motifs is 5. The van der Waals surface area contributed by atoms with E-state index in [1.54, 1.807) is 12.1 Å². The first-order valence-electron chi connectivity index (χ1n) is 17.9. The van der Waals surface area contributed by atoms with Crippen molar-refractivity contribution in [1.82, 2.24) is 4.90 Å². The zero-order valence-corrected chi connectivity index (χ0v) is 30.0. The molecule has 4 aliphatic rings. The molecule has 1 aromatic carbocycles. The minimum atomic E-state index is -5.77. The van der Waals surface area contributed by atoms with Crippen molar-refractivity contribution in [1.29, 1.82) is 0 Å². The van der Waals surface area contributed by atoms with Crippen molar-refractivity contribution in [2.24, 2.45) is 23.2 Å². The van der Waals surface area contributed by atoms with Crippen LogP contribution in [-0.4, -0.2) is 121 Å². The average Bonchev–Trinajstić information content (AvgIpc) is 3.41. The summed E-state index contributed by atoms with van der Waals surface area (Å²) in [7, 11) is -2.37. The third kappa shape index (κ3) is 8.40. The molecule has 11 nitrogen and oxygen atoms in total. The molecule has 0 radical (unpaired) electrons. The molecule has 5 rings (SSSR count). The molecule has 12 atom stereocenters. The van der Waals surface area contributed by atoms with Crippen LogP contribution >= 0.6 is 0 Å². The molecule has 5 N–H and O–H groups in total. The van der Waals surface area contributed by atoms with Gasteiger partial charge in [-0.1, -0.05) is 19.9 Å². The highest BCUT2D eigenvalue weighted by molar-refractivity contribution is 7.85. The minimum Gasteiger partial charge on any atom is -0.508 e. The van der Waals surface area contributed by atoms with Gasteiger partial charge >= 0.3 is 18.2 Å². The second-order valence-electron chi connectivity index (χ2n) is 15.0. The fraction of sp³-hybridized carbons (Fsp3) is 0.800. The number of carbonyl (C=O) groups excluding carboxylic acids is 1. The van der Waals surface area contributed by atoms with Gasteiger partial charge in [0.1, 0.15) is 36.9 Å². The van der Waals surface area contributed by atoms with Crippen molar-refractivity contribution in [2.75, 3.05) is 31.4 Å². The summed E-state index contributed by atoms with van der Waals surface area (Å²) in [4.78, 5) is 14.5. The first-order valence-corrected chi connectivity index (χ1v) is 19.4. The molecule has 4 unspecified atom stereocenters. The van der Waals surface area contributed by atoms with Gasteiger partial charge in [0.05, 0.1) is 18.5 Å². The number of amides is 1. The number of halogens is 5. The number of hydrogen-bond acceptors (Lipinski definition) is 10. The number of phenolic OH excluding ortho intramolecular Hbond substituents is 1. The summed E-state index contributed by atoms with van der Waals surface area (Å²) in [5.74, 6) is -6.60. The number of aliphatic hydroxyl groups excluding tert-OH is 4. The SMILES string of the molecule is CCCN(CO[C@H]1CCC2C3C(CC[C@@]21C)c1ccc(O)cc1C[C@H]3CCCS(=O)CC(F)(F)C(F)(F)F)C(=O)O[C@@H]1O[C@H](CO)[C@@H](O)[C@H](O)[C@H]1O. The number of ether oxygens (including phenoxy) is 3. The number of alkyl halides is 5. The van der Waals surface area contributed by atoms with E-state index in [2.05, 4.69) is 6.92 Å². The second-order valence-corrected chi connectivity index (χ2v) is 16.6. The van der Waals surface area contributed by atoms with Gasteiger partial charge in [-0.25, -0.2) is 4.79 Å². The molecule has 296 valence electrons. The molecule has 1 aliphatic heterocycles. The van der Waals surface area contributed by atoms with Crippen LogP contribution in [0, 0.1) is 23.2 Å². The van der Waals surface area contributed by atoms with Crippen molar-refractivity contribution in [2.45, 2.75) is 120 Å². The Labute approximate surface area is 301 Å². The first-order chi connectivity index (χ1) is 24.4. The minimum absolute atomic E-state index is 0.00657. The lowest BCUT2D eigenvalue weighted by atomic mass is 9.52. The van der Waals surface area contributed by atoms with Gasteiger partial charge in [-0.2, -0.15) is 22.0 Å². The summed E-state index contributed by atoms with van der Waals surface area (Å²) in [5, 5.41) is 50.2. The topological polar surface area (TPSA) is 166 Å². The predicted octanol–water partition coefficient (Wildman–Crippen LogP) is 4.19. The van der Waals surface area contributed by atoms with Gasteiger partial charge in [0, 0.05) is 23.1 Å². The molecule has 52 heavy (non-hydrogen) atoms. The number of carbonyl (C=O) groups is 1. The number of phenols is 1. The maximum atomic E-state index is 13.6. The zero-order chi connectivity index (χ0) is 38.2. The Morgan fingerprint density at radius 1 is 1.10 bits per heavy atom. The van der Waals surface area contributed by atoms with Crippen LogP contribution < -0.4 is 0 Å². The summed E-state index contributed by atoms with van der Waals surface area (Å²) in [6, 6.07) is 5.31. The van der Waals surface area contributed by atoms with Gasteiger partial charge < -0.3 is 39.7 Å². The van der Waals surface area contributed by atoms with Crippen LogP contribution in [0.2, 0.25) is 0 Å². The van der Waals surface area contributed by atoms with E-state index in [4.69, 9.17) is 14.2 Å². The molecule has 3 aliphatic carbocycles.